The number of hydrogen-bond acceptors (Lipinski definition) is 8. The predicted octanol–water partition coefficient (Wildman–Crippen LogP) is 1.50. The van der Waals surface area contributed by atoms with E-state index in [2.05, 4.69) is 15.6 Å². The van der Waals surface area contributed by atoms with Crippen molar-refractivity contribution < 1.29 is 14.8 Å². The Kier molecular flexibility index (Phi) is 4.99. The Labute approximate surface area is 140 Å². The van der Waals surface area contributed by atoms with Crippen molar-refractivity contribution in [1.82, 2.24) is 9.78 Å². The molecule has 0 atom stereocenters. The number of nitro benzene ring substituents is 1. The van der Waals surface area contributed by atoms with Gasteiger partial charge in [-0.15, -0.1) is 0 Å². The van der Waals surface area contributed by atoms with Crippen LogP contribution in [0.25, 0.3) is 0 Å². The molecule has 126 valence electrons. The zero-order valence-electron chi connectivity index (χ0n) is 12.6. The average molecular weight is 354 g/mol. The fraction of sp³-hybridized carbons (Fsp3) is 0.154. The van der Waals surface area contributed by atoms with Crippen molar-refractivity contribution in [3.63, 3.8) is 0 Å². The van der Waals surface area contributed by atoms with Crippen LogP contribution in [-0.2, 0) is 7.05 Å². The molecule has 2 rings (SSSR count). The summed E-state index contributed by atoms with van der Waals surface area (Å²) < 4.78 is 5.93. The molecule has 1 heterocycles. The van der Waals surface area contributed by atoms with Crippen molar-refractivity contribution in [2.24, 2.45) is 12.1 Å². The van der Waals surface area contributed by atoms with Gasteiger partial charge in [0.25, 0.3) is 11.2 Å². The van der Waals surface area contributed by atoms with Gasteiger partial charge in [0.1, 0.15) is 10.7 Å². The minimum Gasteiger partial charge on any atom is -0.504 e. The van der Waals surface area contributed by atoms with E-state index in [1.165, 1.54) is 20.4 Å². The van der Waals surface area contributed by atoms with Crippen LogP contribution in [0.1, 0.15) is 5.56 Å². The molecule has 2 N–H and O–H groups in total. The summed E-state index contributed by atoms with van der Waals surface area (Å²) in [6.07, 6.45) is 2.41. The van der Waals surface area contributed by atoms with Gasteiger partial charge in [-0.1, -0.05) is 11.6 Å². The number of aromatic hydroxyl groups is 1. The van der Waals surface area contributed by atoms with Crippen LogP contribution < -0.4 is 15.7 Å². The molecule has 1 aromatic heterocycles. The maximum absolute atomic E-state index is 11.6. The fourth-order valence-corrected chi connectivity index (χ4v) is 1.95. The van der Waals surface area contributed by atoms with E-state index in [0.29, 0.717) is 0 Å². The number of phenolic OH excluding ortho intramolecular Hbond substituents is 1. The van der Waals surface area contributed by atoms with Gasteiger partial charge in [0.2, 0.25) is 0 Å². The molecule has 0 unspecified atom stereocenters. The van der Waals surface area contributed by atoms with Gasteiger partial charge in [0, 0.05) is 18.7 Å². The Morgan fingerprint density at radius 3 is 2.88 bits per heavy atom. The number of methoxy groups -OCH3 is 1. The standard InChI is InChI=1S/C13H12ClN5O5/c1-18-13(21)11(14)9(6-16-18)17-15-5-7-3-8(19(22)23)4-10(24-2)12(7)20/h3-6,17,20H,1-2H3/b15-5-. The quantitative estimate of drug-likeness (QED) is 0.473. The van der Waals surface area contributed by atoms with Crippen LogP contribution in [-0.4, -0.2) is 33.1 Å². The molecule has 0 bridgehead atoms. The largest absolute Gasteiger partial charge is 0.504 e. The number of benzene rings is 1. The molecule has 0 amide bonds. The monoisotopic (exact) mass is 353 g/mol. The predicted molar refractivity (Wildman–Crippen MR) is 87.0 cm³/mol. The fourth-order valence-electron chi connectivity index (χ4n) is 1.73. The molecule has 0 aliphatic heterocycles. The van der Waals surface area contributed by atoms with Crippen molar-refractivity contribution in [3.05, 3.63) is 49.4 Å². The van der Waals surface area contributed by atoms with Gasteiger partial charge in [0.05, 0.1) is 30.5 Å². The van der Waals surface area contributed by atoms with Crippen LogP contribution in [0.2, 0.25) is 5.02 Å². The maximum atomic E-state index is 11.6. The second-order valence-corrected chi connectivity index (χ2v) is 4.89. The molecule has 0 saturated heterocycles. The van der Waals surface area contributed by atoms with E-state index in [1.54, 1.807) is 0 Å². The lowest BCUT2D eigenvalue weighted by Crippen LogP contribution is -2.20. The second-order valence-electron chi connectivity index (χ2n) is 4.51. The first kappa shape index (κ1) is 17.2. The number of rotatable bonds is 5. The number of anilines is 1. The Morgan fingerprint density at radius 2 is 2.25 bits per heavy atom. The number of hydrazone groups is 1. The number of nitro groups is 1. The zero-order chi connectivity index (χ0) is 17.9. The molecule has 1 aromatic carbocycles. The van der Waals surface area contributed by atoms with Gasteiger partial charge in [-0.3, -0.25) is 20.3 Å². The van der Waals surface area contributed by atoms with Crippen molar-refractivity contribution >= 4 is 29.2 Å². The first-order valence-electron chi connectivity index (χ1n) is 6.41. The van der Waals surface area contributed by atoms with Crippen molar-refractivity contribution in [1.29, 1.82) is 0 Å². The summed E-state index contributed by atoms with van der Waals surface area (Å²) >= 11 is 5.86. The topological polar surface area (TPSA) is 132 Å². The van der Waals surface area contributed by atoms with Crippen molar-refractivity contribution in [2.75, 3.05) is 12.5 Å². The molecule has 0 radical (unpaired) electrons. The number of halogens is 1. The minimum absolute atomic E-state index is 0.0430. The summed E-state index contributed by atoms with van der Waals surface area (Å²) in [4.78, 5) is 21.9. The van der Waals surface area contributed by atoms with Crippen LogP contribution in [0.4, 0.5) is 11.4 Å². The normalized spacial score (nSPS) is 10.8. The van der Waals surface area contributed by atoms with E-state index in [-0.39, 0.29) is 33.5 Å². The van der Waals surface area contributed by atoms with Crippen molar-refractivity contribution in [2.45, 2.75) is 0 Å². The maximum Gasteiger partial charge on any atom is 0.287 e. The summed E-state index contributed by atoms with van der Waals surface area (Å²) in [5, 5.41) is 28.3. The highest BCUT2D eigenvalue weighted by atomic mass is 35.5. The number of aryl methyl sites for hydroxylation is 1. The summed E-state index contributed by atoms with van der Waals surface area (Å²) in [5.74, 6) is -0.388. The van der Waals surface area contributed by atoms with E-state index in [1.807, 2.05) is 0 Å². The number of ether oxygens (including phenoxy) is 1. The lowest BCUT2D eigenvalue weighted by molar-refractivity contribution is -0.385. The number of hydrogen-bond donors (Lipinski definition) is 2. The van der Waals surface area contributed by atoms with Crippen LogP contribution in [0, 0.1) is 10.1 Å². The number of non-ortho nitro benzene ring substituents is 1. The third kappa shape index (κ3) is 3.43. The van der Waals surface area contributed by atoms with Crippen molar-refractivity contribution in [3.8, 4) is 11.5 Å². The highest BCUT2D eigenvalue weighted by Crippen LogP contribution is 2.33. The van der Waals surface area contributed by atoms with E-state index in [4.69, 9.17) is 16.3 Å². The lowest BCUT2D eigenvalue weighted by Gasteiger charge is -2.06. The smallest absolute Gasteiger partial charge is 0.287 e. The van der Waals surface area contributed by atoms with Gasteiger partial charge >= 0.3 is 0 Å². The molecular formula is C13H12ClN5O5. The van der Waals surface area contributed by atoms with E-state index in [0.717, 1.165) is 23.0 Å². The summed E-state index contributed by atoms with van der Waals surface area (Å²) in [6.45, 7) is 0. The Hall–Kier alpha value is -3.14. The average Bonchev–Trinajstić information content (AvgIpc) is 2.56. The molecule has 11 heteroatoms. The summed E-state index contributed by atoms with van der Waals surface area (Å²) in [5.41, 5.74) is 1.88. The zero-order valence-corrected chi connectivity index (χ0v) is 13.3. The van der Waals surface area contributed by atoms with Crippen LogP contribution in [0.5, 0.6) is 11.5 Å². The molecule has 10 nitrogen and oxygen atoms in total. The van der Waals surface area contributed by atoms with Gasteiger partial charge < -0.3 is 9.84 Å². The van der Waals surface area contributed by atoms with Crippen LogP contribution in [0.15, 0.2) is 28.2 Å². The van der Waals surface area contributed by atoms with E-state index < -0.39 is 10.5 Å². The Morgan fingerprint density at radius 1 is 1.54 bits per heavy atom. The third-order valence-corrected chi connectivity index (χ3v) is 3.35. The second kappa shape index (κ2) is 6.96. The summed E-state index contributed by atoms with van der Waals surface area (Å²) in [6, 6.07) is 2.20. The SMILES string of the molecule is COc1cc([N+](=O)[O-])cc(/C=N\Nc2cnn(C)c(=O)c2Cl)c1O. The Bertz CT molecular complexity index is 880. The number of nitrogens with zero attached hydrogens (tertiary/aromatic N) is 4. The first-order valence-corrected chi connectivity index (χ1v) is 6.79. The highest BCUT2D eigenvalue weighted by molar-refractivity contribution is 6.32. The molecule has 2 aromatic rings. The summed E-state index contributed by atoms with van der Waals surface area (Å²) in [7, 11) is 2.71. The van der Waals surface area contributed by atoms with Gasteiger partial charge in [-0.2, -0.15) is 10.2 Å². The lowest BCUT2D eigenvalue weighted by atomic mass is 10.2. The molecule has 0 aliphatic rings. The number of phenols is 1. The van der Waals surface area contributed by atoms with Gasteiger partial charge in [-0.05, 0) is 0 Å². The first-order chi connectivity index (χ1) is 11.3. The molecule has 0 saturated carbocycles. The van der Waals surface area contributed by atoms with Gasteiger partial charge in [-0.25, -0.2) is 4.68 Å². The highest BCUT2D eigenvalue weighted by Gasteiger charge is 2.15. The molecule has 0 fully saturated rings. The number of aromatic nitrogens is 2. The Balaban J connectivity index is 2.32. The molecule has 0 aliphatic carbocycles. The van der Waals surface area contributed by atoms with E-state index >= 15 is 0 Å². The minimum atomic E-state index is -0.631. The molecular weight excluding hydrogens is 342 g/mol. The van der Waals surface area contributed by atoms with Gasteiger partial charge in [0.15, 0.2) is 11.5 Å². The van der Waals surface area contributed by atoms with E-state index in [9.17, 15) is 20.0 Å². The molecule has 0 spiro atoms. The molecule has 24 heavy (non-hydrogen) atoms. The van der Waals surface area contributed by atoms with Crippen LogP contribution in [0.3, 0.4) is 0 Å². The third-order valence-electron chi connectivity index (χ3n) is 2.99. The van der Waals surface area contributed by atoms with Crippen LogP contribution >= 0.6 is 11.6 Å². The number of nitrogens with one attached hydrogen (secondary N) is 1.